The Bertz CT molecular complexity index is 496. The molecule has 21 heavy (non-hydrogen) atoms. The molecule has 1 saturated heterocycles. The minimum Gasteiger partial charge on any atom is -0.467 e. The Hall–Kier alpha value is -1.82. The molecule has 0 bridgehead atoms. The van der Waals surface area contributed by atoms with Crippen LogP contribution < -0.4 is 5.32 Å². The predicted molar refractivity (Wildman–Crippen MR) is 76.2 cm³/mol. The van der Waals surface area contributed by atoms with E-state index in [0.29, 0.717) is 25.3 Å². The Morgan fingerprint density at radius 1 is 1.62 bits per heavy atom. The summed E-state index contributed by atoms with van der Waals surface area (Å²) in [6.45, 7) is 4.51. The molecular formula is C15H22N2O4. The number of nitrogens with zero attached hydrogens (tertiary/aromatic N) is 1. The highest BCUT2D eigenvalue weighted by Gasteiger charge is 2.35. The van der Waals surface area contributed by atoms with Crippen molar-refractivity contribution < 1.29 is 19.1 Å². The van der Waals surface area contributed by atoms with Crippen LogP contribution in [0.25, 0.3) is 0 Å². The van der Waals surface area contributed by atoms with Crippen LogP contribution in [-0.2, 0) is 16.1 Å². The smallest absolute Gasteiger partial charge is 0.225 e. The van der Waals surface area contributed by atoms with Gasteiger partial charge in [0.2, 0.25) is 11.8 Å². The molecule has 2 N–H and O–H groups in total. The molecule has 6 heteroatoms. The number of rotatable bonds is 6. The highest BCUT2D eigenvalue weighted by atomic mass is 16.3. The quantitative estimate of drug-likeness (QED) is 0.817. The lowest BCUT2D eigenvalue weighted by molar-refractivity contribution is -0.129. The van der Waals surface area contributed by atoms with Crippen molar-refractivity contribution in [3.63, 3.8) is 0 Å². The number of carbonyl (C=O) groups is 2. The van der Waals surface area contributed by atoms with Crippen molar-refractivity contribution in [3.05, 3.63) is 24.2 Å². The van der Waals surface area contributed by atoms with Gasteiger partial charge in [0.15, 0.2) is 0 Å². The van der Waals surface area contributed by atoms with E-state index in [9.17, 15) is 14.7 Å². The van der Waals surface area contributed by atoms with Crippen molar-refractivity contribution in [1.29, 1.82) is 0 Å². The number of likely N-dealkylation sites (tertiary alicyclic amines) is 1. The largest absolute Gasteiger partial charge is 0.467 e. The summed E-state index contributed by atoms with van der Waals surface area (Å²) in [5, 5.41) is 12.6. The molecule has 1 aliphatic rings. The molecule has 2 heterocycles. The van der Waals surface area contributed by atoms with Crippen molar-refractivity contribution in [1.82, 2.24) is 10.2 Å². The number of hydrogen-bond acceptors (Lipinski definition) is 4. The Labute approximate surface area is 124 Å². The summed E-state index contributed by atoms with van der Waals surface area (Å²) in [6.07, 6.45) is 2.33. The van der Waals surface area contributed by atoms with E-state index >= 15 is 0 Å². The van der Waals surface area contributed by atoms with Crippen LogP contribution in [0.2, 0.25) is 0 Å². The zero-order chi connectivity index (χ0) is 15.5. The van der Waals surface area contributed by atoms with Gasteiger partial charge in [-0.25, -0.2) is 0 Å². The molecular weight excluding hydrogens is 272 g/mol. The fourth-order valence-corrected chi connectivity index (χ4v) is 2.24. The van der Waals surface area contributed by atoms with Gasteiger partial charge in [0.05, 0.1) is 24.3 Å². The summed E-state index contributed by atoms with van der Waals surface area (Å²) in [5.74, 6) is 0.117. The number of carbonyl (C=O) groups excluding carboxylic acids is 2. The molecule has 2 amide bonds. The van der Waals surface area contributed by atoms with E-state index in [1.165, 1.54) is 0 Å². The first-order valence-electron chi connectivity index (χ1n) is 7.21. The minimum absolute atomic E-state index is 0.0474. The van der Waals surface area contributed by atoms with E-state index in [1.54, 1.807) is 30.2 Å². The summed E-state index contributed by atoms with van der Waals surface area (Å²) < 4.78 is 5.22. The molecule has 0 saturated carbocycles. The van der Waals surface area contributed by atoms with Crippen LogP contribution in [0.5, 0.6) is 0 Å². The molecule has 1 aromatic heterocycles. The molecule has 6 nitrogen and oxygen atoms in total. The first kappa shape index (κ1) is 15.6. The molecule has 0 aliphatic carbocycles. The summed E-state index contributed by atoms with van der Waals surface area (Å²) in [4.78, 5) is 25.6. The lowest BCUT2D eigenvalue weighted by atomic mass is 10.0. The van der Waals surface area contributed by atoms with Crippen molar-refractivity contribution in [2.75, 3.05) is 13.1 Å². The van der Waals surface area contributed by atoms with Crippen molar-refractivity contribution in [2.45, 2.75) is 38.8 Å². The van der Waals surface area contributed by atoms with Crippen molar-refractivity contribution in [3.8, 4) is 0 Å². The number of furan rings is 1. The molecule has 116 valence electrons. The van der Waals surface area contributed by atoms with Crippen LogP contribution in [0, 0.1) is 5.92 Å². The van der Waals surface area contributed by atoms with Gasteiger partial charge >= 0.3 is 0 Å². The van der Waals surface area contributed by atoms with Gasteiger partial charge in [-0.3, -0.25) is 9.59 Å². The first-order valence-corrected chi connectivity index (χ1v) is 7.21. The maximum absolute atomic E-state index is 12.1. The lowest BCUT2D eigenvalue weighted by Gasteiger charge is -2.22. The molecule has 1 aliphatic heterocycles. The van der Waals surface area contributed by atoms with Gasteiger partial charge < -0.3 is 19.7 Å². The Kier molecular flexibility index (Phi) is 4.67. The second-order valence-corrected chi connectivity index (χ2v) is 5.82. The molecule has 1 fully saturated rings. The van der Waals surface area contributed by atoms with Crippen LogP contribution in [-0.4, -0.2) is 40.5 Å². The standard InChI is InChI=1S/C15H22N2O4/c1-3-15(2,20)10-16-14(19)11-7-13(18)17(8-11)9-12-5-4-6-21-12/h4-6,11,20H,3,7-10H2,1-2H3,(H,16,19)/t11-,15+/m1/s1. The van der Waals surface area contributed by atoms with E-state index in [-0.39, 0.29) is 30.7 Å². The average molecular weight is 294 g/mol. The van der Waals surface area contributed by atoms with Crippen LogP contribution >= 0.6 is 0 Å². The molecule has 1 aromatic rings. The second kappa shape index (κ2) is 6.30. The van der Waals surface area contributed by atoms with Crippen molar-refractivity contribution >= 4 is 11.8 Å². The maximum Gasteiger partial charge on any atom is 0.225 e. The van der Waals surface area contributed by atoms with Crippen LogP contribution in [0.4, 0.5) is 0 Å². The maximum atomic E-state index is 12.1. The number of amides is 2. The van der Waals surface area contributed by atoms with Crippen LogP contribution in [0.15, 0.2) is 22.8 Å². The van der Waals surface area contributed by atoms with Crippen LogP contribution in [0.3, 0.4) is 0 Å². The Morgan fingerprint density at radius 2 is 2.38 bits per heavy atom. The SMILES string of the molecule is CC[C@](C)(O)CNC(=O)[C@@H]1CC(=O)N(Cc2ccco2)C1. The molecule has 2 atom stereocenters. The van der Waals surface area contributed by atoms with Gasteiger partial charge in [0, 0.05) is 19.5 Å². The third-order valence-electron chi connectivity index (χ3n) is 3.92. The third kappa shape index (κ3) is 4.07. The van der Waals surface area contributed by atoms with E-state index < -0.39 is 5.60 Å². The zero-order valence-corrected chi connectivity index (χ0v) is 12.5. The molecule has 0 radical (unpaired) electrons. The fourth-order valence-electron chi connectivity index (χ4n) is 2.24. The monoisotopic (exact) mass is 294 g/mol. The van der Waals surface area contributed by atoms with Gasteiger partial charge in [-0.15, -0.1) is 0 Å². The highest BCUT2D eigenvalue weighted by molar-refractivity contribution is 5.89. The number of aliphatic hydroxyl groups is 1. The van der Waals surface area contributed by atoms with E-state index in [4.69, 9.17) is 4.42 Å². The van der Waals surface area contributed by atoms with Crippen molar-refractivity contribution in [2.24, 2.45) is 5.92 Å². The van der Waals surface area contributed by atoms with Gasteiger partial charge in [0.25, 0.3) is 0 Å². The molecule has 0 spiro atoms. The Morgan fingerprint density at radius 3 is 3.00 bits per heavy atom. The van der Waals surface area contributed by atoms with Gasteiger partial charge in [-0.1, -0.05) is 6.92 Å². The highest BCUT2D eigenvalue weighted by Crippen LogP contribution is 2.20. The molecule has 2 rings (SSSR count). The Balaban J connectivity index is 1.85. The van der Waals surface area contributed by atoms with Gasteiger partial charge in [0.1, 0.15) is 5.76 Å². The third-order valence-corrected chi connectivity index (χ3v) is 3.92. The lowest BCUT2D eigenvalue weighted by Crippen LogP contribution is -2.42. The summed E-state index contributed by atoms with van der Waals surface area (Å²) in [6, 6.07) is 3.58. The minimum atomic E-state index is -0.911. The normalized spacial score (nSPS) is 21.4. The first-order chi connectivity index (χ1) is 9.91. The zero-order valence-electron chi connectivity index (χ0n) is 12.5. The number of hydrogen-bond donors (Lipinski definition) is 2. The molecule has 0 aromatic carbocycles. The summed E-state index contributed by atoms with van der Waals surface area (Å²) in [5.41, 5.74) is -0.911. The van der Waals surface area contributed by atoms with E-state index in [1.807, 2.05) is 6.92 Å². The molecule has 0 unspecified atom stereocenters. The summed E-state index contributed by atoms with van der Waals surface area (Å²) >= 11 is 0. The number of nitrogens with one attached hydrogen (secondary N) is 1. The fraction of sp³-hybridized carbons (Fsp3) is 0.600. The average Bonchev–Trinajstić information content (AvgIpc) is 3.07. The predicted octanol–water partition coefficient (Wildman–Crippen LogP) is 0.905. The van der Waals surface area contributed by atoms with E-state index in [2.05, 4.69) is 5.32 Å². The topological polar surface area (TPSA) is 82.8 Å². The second-order valence-electron chi connectivity index (χ2n) is 5.82. The van der Waals surface area contributed by atoms with Gasteiger partial charge in [-0.2, -0.15) is 0 Å². The van der Waals surface area contributed by atoms with Gasteiger partial charge in [-0.05, 0) is 25.5 Å². The van der Waals surface area contributed by atoms with E-state index in [0.717, 1.165) is 0 Å². The summed E-state index contributed by atoms with van der Waals surface area (Å²) in [7, 11) is 0. The van der Waals surface area contributed by atoms with Crippen LogP contribution in [0.1, 0.15) is 32.4 Å².